The molecule has 0 saturated carbocycles. The zero-order valence-electron chi connectivity index (χ0n) is 9.60. The standard InChI is InChI=1S/C5H10O3.C5H12O2/c1-5(2,3-6)4(7)8;1-2-3-4-5(6)7/h6H,3H2,1-2H3,(H,7,8);5-7H,2-4H2,1H3. The fourth-order valence-corrected chi connectivity index (χ4v) is 0.454. The lowest BCUT2D eigenvalue weighted by molar-refractivity contribution is -0.148. The zero-order valence-corrected chi connectivity index (χ0v) is 9.60. The van der Waals surface area contributed by atoms with Crippen LogP contribution in [0.2, 0.25) is 0 Å². The molecule has 5 nitrogen and oxygen atoms in total. The van der Waals surface area contributed by atoms with Gasteiger partial charge in [0.1, 0.15) is 0 Å². The zero-order chi connectivity index (χ0) is 12.5. The number of hydrogen-bond donors (Lipinski definition) is 4. The summed E-state index contributed by atoms with van der Waals surface area (Å²) in [6.07, 6.45) is 1.34. The topological polar surface area (TPSA) is 98.0 Å². The minimum Gasteiger partial charge on any atom is -0.481 e. The maximum atomic E-state index is 10.1. The van der Waals surface area contributed by atoms with E-state index >= 15 is 0 Å². The highest BCUT2D eigenvalue weighted by Crippen LogP contribution is 2.12. The van der Waals surface area contributed by atoms with Gasteiger partial charge in [0.15, 0.2) is 6.29 Å². The van der Waals surface area contributed by atoms with E-state index in [9.17, 15) is 4.79 Å². The van der Waals surface area contributed by atoms with Crippen LogP contribution in [0.4, 0.5) is 0 Å². The number of hydrogen-bond acceptors (Lipinski definition) is 4. The Balaban J connectivity index is 0. The lowest BCUT2D eigenvalue weighted by Gasteiger charge is -2.13. The lowest BCUT2D eigenvalue weighted by Crippen LogP contribution is -2.27. The second-order valence-electron chi connectivity index (χ2n) is 3.97. The van der Waals surface area contributed by atoms with Crippen LogP contribution in [-0.4, -0.2) is 39.3 Å². The number of aliphatic hydroxyl groups is 3. The van der Waals surface area contributed by atoms with Gasteiger partial charge in [-0.1, -0.05) is 13.3 Å². The van der Waals surface area contributed by atoms with Crippen molar-refractivity contribution in [1.29, 1.82) is 0 Å². The summed E-state index contributed by atoms with van der Waals surface area (Å²) in [5.74, 6) is -0.972. The Morgan fingerprint density at radius 1 is 1.33 bits per heavy atom. The summed E-state index contributed by atoms with van der Waals surface area (Å²) in [6.45, 7) is 4.63. The fourth-order valence-electron chi connectivity index (χ4n) is 0.454. The van der Waals surface area contributed by atoms with Crippen LogP contribution in [0.1, 0.15) is 40.0 Å². The quantitative estimate of drug-likeness (QED) is 0.510. The molecule has 0 amide bonds. The number of aliphatic carboxylic acids is 1. The van der Waals surface area contributed by atoms with Crippen molar-refractivity contribution in [3.8, 4) is 0 Å². The van der Waals surface area contributed by atoms with E-state index in [0.29, 0.717) is 6.42 Å². The Morgan fingerprint density at radius 2 is 1.80 bits per heavy atom. The van der Waals surface area contributed by atoms with E-state index in [2.05, 4.69) is 0 Å². The molecule has 0 spiro atoms. The fraction of sp³-hybridized carbons (Fsp3) is 0.900. The van der Waals surface area contributed by atoms with Crippen LogP contribution >= 0.6 is 0 Å². The van der Waals surface area contributed by atoms with Gasteiger partial charge in [0.25, 0.3) is 0 Å². The molecule has 0 heterocycles. The van der Waals surface area contributed by atoms with Crippen LogP contribution in [0.15, 0.2) is 0 Å². The first-order valence-electron chi connectivity index (χ1n) is 4.98. The van der Waals surface area contributed by atoms with Crippen molar-refractivity contribution in [2.24, 2.45) is 5.41 Å². The maximum absolute atomic E-state index is 10.1. The van der Waals surface area contributed by atoms with E-state index in [1.807, 2.05) is 6.92 Å². The Bertz CT molecular complexity index is 165. The van der Waals surface area contributed by atoms with E-state index in [-0.39, 0.29) is 6.61 Å². The van der Waals surface area contributed by atoms with Crippen LogP contribution in [0, 0.1) is 5.41 Å². The third-order valence-corrected chi connectivity index (χ3v) is 1.79. The van der Waals surface area contributed by atoms with Gasteiger partial charge < -0.3 is 20.4 Å². The van der Waals surface area contributed by atoms with Gasteiger partial charge in [-0.2, -0.15) is 0 Å². The molecule has 0 aliphatic carbocycles. The first-order valence-corrected chi connectivity index (χ1v) is 4.98. The summed E-state index contributed by atoms with van der Waals surface area (Å²) in [5, 5.41) is 33.1. The molecule has 0 saturated heterocycles. The average Bonchev–Trinajstić information content (AvgIpc) is 2.15. The first kappa shape index (κ1) is 16.8. The second kappa shape index (κ2) is 8.64. The summed E-state index contributed by atoms with van der Waals surface area (Å²) in [6, 6.07) is 0. The van der Waals surface area contributed by atoms with E-state index in [1.165, 1.54) is 13.8 Å². The number of carboxylic acid groups (broad SMARTS) is 1. The molecule has 0 rings (SSSR count). The Hall–Kier alpha value is -0.650. The molecule has 0 radical (unpaired) electrons. The maximum Gasteiger partial charge on any atom is 0.311 e. The van der Waals surface area contributed by atoms with Gasteiger partial charge in [-0.05, 0) is 26.7 Å². The third-order valence-electron chi connectivity index (χ3n) is 1.79. The third kappa shape index (κ3) is 11.3. The van der Waals surface area contributed by atoms with Gasteiger partial charge in [0.2, 0.25) is 0 Å². The van der Waals surface area contributed by atoms with Crippen molar-refractivity contribution >= 4 is 5.97 Å². The van der Waals surface area contributed by atoms with Crippen molar-refractivity contribution in [2.75, 3.05) is 6.61 Å². The molecule has 0 aliphatic heterocycles. The van der Waals surface area contributed by atoms with Crippen LogP contribution in [-0.2, 0) is 4.79 Å². The van der Waals surface area contributed by atoms with Crippen LogP contribution in [0.3, 0.4) is 0 Å². The summed E-state index contributed by atoms with van der Waals surface area (Å²) < 4.78 is 0. The molecule has 0 aromatic heterocycles. The molecule has 15 heavy (non-hydrogen) atoms. The van der Waals surface area contributed by atoms with Crippen LogP contribution in [0.5, 0.6) is 0 Å². The van der Waals surface area contributed by atoms with Crippen molar-refractivity contribution in [3.63, 3.8) is 0 Å². The smallest absolute Gasteiger partial charge is 0.311 e. The molecular weight excluding hydrogens is 200 g/mol. The SMILES string of the molecule is CC(C)(CO)C(=O)O.CCCCC(O)O. The van der Waals surface area contributed by atoms with Crippen LogP contribution < -0.4 is 0 Å². The van der Waals surface area contributed by atoms with Crippen molar-refractivity contribution in [1.82, 2.24) is 0 Å². The summed E-state index contributed by atoms with van der Waals surface area (Å²) in [5.41, 5.74) is -0.986. The summed E-state index contributed by atoms with van der Waals surface area (Å²) in [4.78, 5) is 10.1. The number of aliphatic hydroxyl groups excluding tert-OH is 2. The normalized spacial score (nSPS) is 10.9. The summed E-state index contributed by atoms with van der Waals surface area (Å²) >= 11 is 0. The van der Waals surface area contributed by atoms with E-state index in [0.717, 1.165) is 12.8 Å². The Morgan fingerprint density at radius 3 is 1.87 bits per heavy atom. The molecule has 92 valence electrons. The van der Waals surface area contributed by atoms with Crippen molar-refractivity contribution < 1.29 is 25.2 Å². The average molecular weight is 222 g/mol. The molecule has 0 bridgehead atoms. The predicted octanol–water partition coefficient (Wildman–Crippen LogP) is 0.577. The minimum absolute atomic E-state index is 0.317. The highest BCUT2D eigenvalue weighted by Gasteiger charge is 2.25. The molecule has 0 aliphatic rings. The number of carboxylic acids is 1. The Kier molecular flexibility index (Phi) is 9.66. The second-order valence-corrected chi connectivity index (χ2v) is 3.97. The molecule has 0 aromatic carbocycles. The van der Waals surface area contributed by atoms with Gasteiger partial charge in [-0.15, -0.1) is 0 Å². The molecule has 4 N–H and O–H groups in total. The highest BCUT2D eigenvalue weighted by molar-refractivity contribution is 5.73. The van der Waals surface area contributed by atoms with E-state index < -0.39 is 17.7 Å². The van der Waals surface area contributed by atoms with E-state index in [4.69, 9.17) is 20.4 Å². The van der Waals surface area contributed by atoms with E-state index in [1.54, 1.807) is 0 Å². The monoisotopic (exact) mass is 222 g/mol. The first-order chi connectivity index (χ1) is 6.77. The Labute approximate surface area is 90.4 Å². The highest BCUT2D eigenvalue weighted by atomic mass is 16.5. The number of unbranched alkanes of at least 4 members (excludes halogenated alkanes) is 1. The molecule has 0 aromatic rings. The molecule has 0 fully saturated rings. The minimum atomic E-state index is -1.10. The van der Waals surface area contributed by atoms with Gasteiger partial charge in [0, 0.05) is 0 Å². The summed E-state index contributed by atoms with van der Waals surface area (Å²) in [7, 11) is 0. The van der Waals surface area contributed by atoms with Crippen molar-refractivity contribution in [3.05, 3.63) is 0 Å². The van der Waals surface area contributed by atoms with Gasteiger partial charge in [0.05, 0.1) is 12.0 Å². The number of rotatable bonds is 5. The van der Waals surface area contributed by atoms with Gasteiger partial charge in [-0.25, -0.2) is 0 Å². The molecule has 5 heteroatoms. The molecular formula is C10H22O5. The lowest BCUT2D eigenvalue weighted by atomic mass is 9.96. The predicted molar refractivity (Wildman–Crippen MR) is 56.3 cm³/mol. The van der Waals surface area contributed by atoms with Gasteiger partial charge >= 0.3 is 5.97 Å². The largest absolute Gasteiger partial charge is 0.481 e. The molecule has 0 unspecified atom stereocenters. The molecule has 0 atom stereocenters. The van der Waals surface area contributed by atoms with Crippen LogP contribution in [0.25, 0.3) is 0 Å². The van der Waals surface area contributed by atoms with Gasteiger partial charge in [-0.3, -0.25) is 4.79 Å². The van der Waals surface area contributed by atoms with Crippen molar-refractivity contribution in [2.45, 2.75) is 46.3 Å². The number of carbonyl (C=O) groups is 1.